The number of benzene rings is 1. The SMILES string of the molecule is CC1SCC(C(=O)O)N1C(=O)NCc1ccc(Br)cc1. The second-order valence-electron chi connectivity index (χ2n) is 4.48. The smallest absolute Gasteiger partial charge is 0.327 e. The molecule has 0 spiro atoms. The van der Waals surface area contributed by atoms with Gasteiger partial charge in [-0.05, 0) is 24.6 Å². The summed E-state index contributed by atoms with van der Waals surface area (Å²) in [5.74, 6) is -0.525. The molecule has 0 aromatic heterocycles. The number of urea groups is 1. The minimum atomic E-state index is -0.958. The summed E-state index contributed by atoms with van der Waals surface area (Å²) >= 11 is 4.82. The van der Waals surface area contributed by atoms with Crippen molar-refractivity contribution < 1.29 is 14.7 Å². The van der Waals surface area contributed by atoms with Gasteiger partial charge in [0.25, 0.3) is 0 Å². The number of hydrogen-bond acceptors (Lipinski definition) is 3. The van der Waals surface area contributed by atoms with Crippen LogP contribution in [0.5, 0.6) is 0 Å². The predicted octanol–water partition coefficient (Wildman–Crippen LogP) is 2.51. The Morgan fingerprint density at radius 2 is 2.10 bits per heavy atom. The monoisotopic (exact) mass is 358 g/mol. The molecule has 1 saturated heterocycles. The zero-order valence-corrected chi connectivity index (χ0v) is 13.3. The first-order valence-electron chi connectivity index (χ1n) is 6.14. The van der Waals surface area contributed by atoms with Gasteiger partial charge < -0.3 is 10.4 Å². The maximum Gasteiger partial charge on any atom is 0.327 e. The maximum absolute atomic E-state index is 12.1. The fourth-order valence-electron chi connectivity index (χ4n) is 2.01. The van der Waals surface area contributed by atoms with E-state index in [0.717, 1.165) is 10.0 Å². The van der Waals surface area contributed by atoms with Crippen molar-refractivity contribution >= 4 is 39.7 Å². The average Bonchev–Trinajstić information content (AvgIpc) is 2.80. The summed E-state index contributed by atoms with van der Waals surface area (Å²) in [6.45, 7) is 2.22. The normalized spacial score (nSPS) is 21.8. The van der Waals surface area contributed by atoms with E-state index in [0.29, 0.717) is 12.3 Å². The molecular formula is C13H15BrN2O3S. The van der Waals surface area contributed by atoms with E-state index in [1.807, 2.05) is 31.2 Å². The number of carbonyl (C=O) groups excluding carboxylic acids is 1. The summed E-state index contributed by atoms with van der Waals surface area (Å²) in [7, 11) is 0. The van der Waals surface area contributed by atoms with Crippen LogP contribution in [-0.2, 0) is 11.3 Å². The van der Waals surface area contributed by atoms with Crippen LogP contribution in [0.1, 0.15) is 12.5 Å². The summed E-state index contributed by atoms with van der Waals surface area (Å²) in [6.07, 6.45) is 0. The maximum atomic E-state index is 12.1. The number of halogens is 1. The van der Waals surface area contributed by atoms with Gasteiger partial charge in [-0.1, -0.05) is 28.1 Å². The summed E-state index contributed by atoms with van der Waals surface area (Å²) in [5.41, 5.74) is 0.966. The average molecular weight is 359 g/mol. The van der Waals surface area contributed by atoms with Gasteiger partial charge in [-0.25, -0.2) is 9.59 Å². The first-order valence-corrected chi connectivity index (χ1v) is 7.98. The fourth-order valence-corrected chi connectivity index (χ4v) is 3.44. The molecule has 0 aliphatic carbocycles. The molecule has 7 heteroatoms. The molecule has 2 amide bonds. The summed E-state index contributed by atoms with van der Waals surface area (Å²) < 4.78 is 0.975. The fraction of sp³-hybridized carbons (Fsp3) is 0.385. The molecule has 2 N–H and O–H groups in total. The molecule has 1 aromatic rings. The third-order valence-electron chi connectivity index (χ3n) is 3.10. The van der Waals surface area contributed by atoms with E-state index in [2.05, 4.69) is 21.2 Å². The molecule has 0 radical (unpaired) electrons. The van der Waals surface area contributed by atoms with E-state index in [1.165, 1.54) is 16.7 Å². The summed E-state index contributed by atoms with van der Waals surface area (Å²) in [6, 6.07) is 6.52. The summed E-state index contributed by atoms with van der Waals surface area (Å²) in [5, 5.41) is 11.8. The van der Waals surface area contributed by atoms with E-state index in [9.17, 15) is 9.59 Å². The number of amides is 2. The minimum absolute atomic E-state index is 0.124. The van der Waals surface area contributed by atoms with Crippen molar-refractivity contribution in [3.63, 3.8) is 0 Å². The van der Waals surface area contributed by atoms with Crippen LogP contribution in [0, 0.1) is 0 Å². The molecular weight excluding hydrogens is 344 g/mol. The Bertz CT molecular complexity index is 509. The van der Waals surface area contributed by atoms with Crippen LogP contribution >= 0.6 is 27.7 Å². The molecule has 1 aliphatic rings. The van der Waals surface area contributed by atoms with E-state index in [4.69, 9.17) is 5.11 Å². The van der Waals surface area contributed by atoms with Gasteiger partial charge in [-0.3, -0.25) is 4.90 Å². The number of carboxylic acids is 1. The van der Waals surface area contributed by atoms with Gasteiger partial charge in [0.2, 0.25) is 0 Å². The molecule has 20 heavy (non-hydrogen) atoms. The number of nitrogens with one attached hydrogen (secondary N) is 1. The highest BCUT2D eigenvalue weighted by molar-refractivity contribution is 9.10. The van der Waals surface area contributed by atoms with E-state index < -0.39 is 12.0 Å². The van der Waals surface area contributed by atoms with Crippen LogP contribution in [-0.4, -0.2) is 39.2 Å². The second kappa shape index (κ2) is 6.49. The Labute approximate surface area is 129 Å². The van der Waals surface area contributed by atoms with Crippen molar-refractivity contribution in [2.45, 2.75) is 24.9 Å². The van der Waals surface area contributed by atoms with Crippen LogP contribution in [0.2, 0.25) is 0 Å². The van der Waals surface area contributed by atoms with Gasteiger partial charge in [-0.2, -0.15) is 0 Å². The number of aliphatic carboxylic acids is 1. The van der Waals surface area contributed by atoms with Crippen LogP contribution in [0.4, 0.5) is 4.79 Å². The first-order chi connectivity index (χ1) is 9.49. The lowest BCUT2D eigenvalue weighted by Gasteiger charge is -2.25. The zero-order valence-electron chi connectivity index (χ0n) is 10.9. The van der Waals surface area contributed by atoms with Crippen molar-refractivity contribution in [3.8, 4) is 0 Å². The molecule has 108 valence electrons. The van der Waals surface area contributed by atoms with Crippen molar-refractivity contribution in [1.29, 1.82) is 0 Å². The molecule has 2 unspecified atom stereocenters. The predicted molar refractivity (Wildman–Crippen MR) is 81.6 cm³/mol. The Morgan fingerprint density at radius 1 is 1.45 bits per heavy atom. The number of carbonyl (C=O) groups is 2. The molecule has 2 atom stereocenters. The van der Waals surface area contributed by atoms with Gasteiger partial charge in [0.15, 0.2) is 0 Å². The number of carboxylic acid groups (broad SMARTS) is 1. The molecule has 5 nitrogen and oxygen atoms in total. The number of thioether (sulfide) groups is 1. The molecule has 1 aromatic carbocycles. The molecule has 1 aliphatic heterocycles. The van der Waals surface area contributed by atoms with Gasteiger partial charge in [-0.15, -0.1) is 11.8 Å². The Morgan fingerprint density at radius 3 is 2.70 bits per heavy atom. The van der Waals surface area contributed by atoms with Crippen molar-refractivity contribution in [2.75, 3.05) is 5.75 Å². The molecule has 2 rings (SSSR count). The highest BCUT2D eigenvalue weighted by Crippen LogP contribution is 2.28. The van der Waals surface area contributed by atoms with Crippen LogP contribution in [0.3, 0.4) is 0 Å². The quantitative estimate of drug-likeness (QED) is 0.870. The zero-order chi connectivity index (χ0) is 14.7. The molecule has 0 bridgehead atoms. The first kappa shape index (κ1) is 15.2. The molecule has 0 saturated carbocycles. The number of hydrogen-bond donors (Lipinski definition) is 2. The van der Waals surface area contributed by atoms with Crippen LogP contribution in [0.15, 0.2) is 28.7 Å². The topological polar surface area (TPSA) is 69.6 Å². The van der Waals surface area contributed by atoms with E-state index in [1.54, 1.807) is 0 Å². The minimum Gasteiger partial charge on any atom is -0.480 e. The number of nitrogens with zero attached hydrogens (tertiary/aromatic N) is 1. The van der Waals surface area contributed by atoms with Gasteiger partial charge in [0, 0.05) is 16.8 Å². The van der Waals surface area contributed by atoms with E-state index in [-0.39, 0.29) is 11.4 Å². The summed E-state index contributed by atoms with van der Waals surface area (Å²) in [4.78, 5) is 24.7. The van der Waals surface area contributed by atoms with E-state index >= 15 is 0 Å². The Hall–Kier alpha value is -1.21. The van der Waals surface area contributed by atoms with Crippen molar-refractivity contribution in [1.82, 2.24) is 10.2 Å². The van der Waals surface area contributed by atoms with Crippen LogP contribution in [0.25, 0.3) is 0 Å². The van der Waals surface area contributed by atoms with Gasteiger partial charge in [0.1, 0.15) is 6.04 Å². The van der Waals surface area contributed by atoms with Gasteiger partial charge in [0.05, 0.1) is 5.37 Å². The highest BCUT2D eigenvalue weighted by atomic mass is 79.9. The standard InChI is InChI=1S/C13H15BrN2O3S/c1-8-16(11(7-20-8)12(17)18)13(19)15-6-9-2-4-10(14)5-3-9/h2-5,8,11H,6-7H2,1H3,(H,15,19)(H,17,18). The second-order valence-corrected chi connectivity index (χ2v) is 6.74. The highest BCUT2D eigenvalue weighted by Gasteiger charge is 2.39. The third-order valence-corrected chi connectivity index (χ3v) is 4.85. The lowest BCUT2D eigenvalue weighted by molar-refractivity contribution is -0.141. The third kappa shape index (κ3) is 3.46. The van der Waals surface area contributed by atoms with Gasteiger partial charge >= 0.3 is 12.0 Å². The molecule has 1 heterocycles. The number of rotatable bonds is 3. The lowest BCUT2D eigenvalue weighted by atomic mass is 10.2. The Kier molecular flexibility index (Phi) is 4.93. The Balaban J connectivity index is 1.97. The van der Waals surface area contributed by atoms with Crippen LogP contribution < -0.4 is 5.32 Å². The largest absolute Gasteiger partial charge is 0.480 e. The molecule has 1 fully saturated rings. The lowest BCUT2D eigenvalue weighted by Crippen LogP contribution is -2.49. The van der Waals surface area contributed by atoms with Crippen molar-refractivity contribution in [3.05, 3.63) is 34.3 Å². The van der Waals surface area contributed by atoms with Crippen molar-refractivity contribution in [2.24, 2.45) is 0 Å².